The number of nitrogens with zero attached hydrogens (tertiary/aromatic N) is 1. The van der Waals surface area contributed by atoms with Crippen molar-refractivity contribution in [3.05, 3.63) is 11.8 Å². The van der Waals surface area contributed by atoms with Gasteiger partial charge in [0.1, 0.15) is 0 Å². The summed E-state index contributed by atoms with van der Waals surface area (Å²) in [7, 11) is 0. The van der Waals surface area contributed by atoms with Crippen LogP contribution in [0.1, 0.15) is 26.2 Å². The Bertz CT molecular complexity index is 130. The van der Waals surface area contributed by atoms with Gasteiger partial charge in [-0.25, -0.2) is 0 Å². The second-order valence-electron chi connectivity index (χ2n) is 1.95. The van der Waals surface area contributed by atoms with Gasteiger partial charge in [0, 0.05) is 11.8 Å². The molecule has 2 N–H and O–H groups in total. The van der Waals surface area contributed by atoms with Crippen LogP contribution in [0.25, 0.3) is 0 Å². The van der Waals surface area contributed by atoms with Crippen molar-refractivity contribution >= 4 is 0 Å². The molecule has 0 amide bonds. The molecule has 0 aliphatic carbocycles. The third kappa shape index (κ3) is 4.89. The first-order valence-corrected chi connectivity index (χ1v) is 3.15. The largest absolute Gasteiger partial charge is 0.401 e. The predicted molar refractivity (Wildman–Crippen MR) is 37.4 cm³/mol. The second kappa shape index (κ2) is 5.17. The number of hydrogen-bond acceptors (Lipinski definition) is 2. The van der Waals surface area contributed by atoms with E-state index in [1.54, 1.807) is 0 Å². The summed E-state index contributed by atoms with van der Waals surface area (Å²) in [5.74, 6) is 0. The van der Waals surface area contributed by atoms with E-state index >= 15 is 0 Å². The van der Waals surface area contributed by atoms with Crippen molar-refractivity contribution in [1.82, 2.24) is 0 Å². The zero-order valence-electron chi connectivity index (χ0n) is 5.72. The fourth-order valence-corrected chi connectivity index (χ4v) is 0.536. The minimum atomic E-state index is 0.694. The molecular weight excluding hydrogens is 112 g/mol. The average molecular weight is 124 g/mol. The van der Waals surface area contributed by atoms with E-state index in [0.29, 0.717) is 5.70 Å². The van der Waals surface area contributed by atoms with E-state index in [-0.39, 0.29) is 0 Å². The van der Waals surface area contributed by atoms with Gasteiger partial charge in [-0.15, -0.1) is 0 Å². The number of nitrogens with two attached hydrogens (primary N) is 1. The molecule has 0 unspecified atom stereocenters. The van der Waals surface area contributed by atoms with Gasteiger partial charge in [-0.05, 0) is 12.8 Å². The Labute approximate surface area is 56.0 Å². The van der Waals surface area contributed by atoms with Gasteiger partial charge >= 0.3 is 0 Å². The zero-order chi connectivity index (χ0) is 7.11. The lowest BCUT2D eigenvalue weighted by molar-refractivity contribution is 0.781. The smallest absolute Gasteiger partial charge is 0.0930 e. The first kappa shape index (κ1) is 8.03. The number of hydrogen-bond donors (Lipinski definition) is 1. The number of rotatable bonds is 3. The highest BCUT2D eigenvalue weighted by molar-refractivity contribution is 5.09. The van der Waals surface area contributed by atoms with Crippen LogP contribution in [0.2, 0.25) is 0 Å². The molecule has 0 aromatic carbocycles. The van der Waals surface area contributed by atoms with E-state index in [4.69, 9.17) is 11.0 Å². The molecule has 0 aromatic rings. The molecule has 0 radical (unpaired) electrons. The molecule has 0 heterocycles. The van der Waals surface area contributed by atoms with Gasteiger partial charge in [-0.1, -0.05) is 13.3 Å². The maximum atomic E-state index is 8.13. The highest BCUT2D eigenvalue weighted by Crippen LogP contribution is 1.99. The first-order chi connectivity index (χ1) is 4.31. The van der Waals surface area contributed by atoms with Crippen LogP contribution in [-0.4, -0.2) is 0 Å². The lowest BCUT2D eigenvalue weighted by atomic mass is 10.2. The lowest BCUT2D eigenvalue weighted by Gasteiger charge is -1.93. The summed E-state index contributed by atoms with van der Waals surface area (Å²) in [5, 5.41) is 8.13. The fraction of sp³-hybridized carbons (Fsp3) is 0.571. The summed E-state index contributed by atoms with van der Waals surface area (Å²) in [6.07, 6.45) is 4.45. The molecule has 0 aliphatic heterocycles. The van der Waals surface area contributed by atoms with Crippen molar-refractivity contribution in [2.24, 2.45) is 5.73 Å². The molecule has 9 heavy (non-hydrogen) atoms. The zero-order valence-corrected chi connectivity index (χ0v) is 5.72. The van der Waals surface area contributed by atoms with Crippen LogP contribution in [0.15, 0.2) is 11.8 Å². The molecule has 0 aromatic heterocycles. The molecule has 0 saturated carbocycles. The fourth-order valence-electron chi connectivity index (χ4n) is 0.536. The summed E-state index contributed by atoms with van der Waals surface area (Å²) in [5.41, 5.74) is 6.10. The summed E-state index contributed by atoms with van der Waals surface area (Å²) < 4.78 is 0. The van der Waals surface area contributed by atoms with Gasteiger partial charge in [0.2, 0.25) is 0 Å². The average Bonchev–Trinajstić information content (AvgIpc) is 1.85. The van der Waals surface area contributed by atoms with E-state index in [2.05, 4.69) is 6.92 Å². The van der Waals surface area contributed by atoms with Crippen LogP contribution >= 0.6 is 0 Å². The Kier molecular flexibility index (Phi) is 4.61. The Morgan fingerprint density at radius 1 is 1.78 bits per heavy atom. The number of unbranched alkanes of at least 4 members (excludes halogenated alkanes) is 1. The minimum Gasteiger partial charge on any atom is -0.401 e. The standard InChI is InChI=1S/C7H12N2/c1-2-3-4-7(9)5-6-8/h5H,2-4,9H2,1H3. The Balaban J connectivity index is 3.40. The molecule has 0 atom stereocenters. The van der Waals surface area contributed by atoms with Crippen molar-refractivity contribution in [3.63, 3.8) is 0 Å². The molecule has 0 spiro atoms. The molecule has 2 heteroatoms. The van der Waals surface area contributed by atoms with E-state index in [0.717, 1.165) is 19.3 Å². The summed E-state index contributed by atoms with van der Waals surface area (Å²) in [6, 6.07) is 1.89. The summed E-state index contributed by atoms with van der Waals surface area (Å²) >= 11 is 0. The quantitative estimate of drug-likeness (QED) is 0.580. The van der Waals surface area contributed by atoms with Crippen LogP contribution in [0.3, 0.4) is 0 Å². The highest BCUT2D eigenvalue weighted by atomic mass is 14.6. The van der Waals surface area contributed by atoms with Crippen molar-refractivity contribution in [2.75, 3.05) is 0 Å². The van der Waals surface area contributed by atoms with Crippen molar-refractivity contribution in [1.29, 1.82) is 5.26 Å². The minimum absolute atomic E-state index is 0.694. The maximum Gasteiger partial charge on any atom is 0.0930 e. The van der Waals surface area contributed by atoms with E-state index in [1.807, 2.05) is 6.07 Å². The van der Waals surface area contributed by atoms with E-state index < -0.39 is 0 Å². The number of nitriles is 1. The van der Waals surface area contributed by atoms with Crippen molar-refractivity contribution in [2.45, 2.75) is 26.2 Å². The lowest BCUT2D eigenvalue weighted by Crippen LogP contribution is -1.95. The molecule has 0 aliphatic rings. The highest BCUT2D eigenvalue weighted by Gasteiger charge is 1.86. The van der Waals surface area contributed by atoms with Crippen LogP contribution in [0, 0.1) is 11.3 Å². The van der Waals surface area contributed by atoms with Crippen LogP contribution < -0.4 is 5.73 Å². The SMILES string of the molecule is CCCCC(N)=CC#N. The van der Waals surface area contributed by atoms with Crippen LogP contribution in [0.5, 0.6) is 0 Å². The van der Waals surface area contributed by atoms with E-state index in [9.17, 15) is 0 Å². The van der Waals surface area contributed by atoms with Crippen molar-refractivity contribution in [3.8, 4) is 6.07 Å². The molecule has 0 fully saturated rings. The van der Waals surface area contributed by atoms with Gasteiger partial charge in [0.05, 0.1) is 6.07 Å². The Morgan fingerprint density at radius 2 is 2.44 bits per heavy atom. The molecule has 0 bridgehead atoms. The Hall–Kier alpha value is -0.970. The predicted octanol–water partition coefficient (Wildman–Crippen LogP) is 1.54. The summed E-state index contributed by atoms with van der Waals surface area (Å²) in [4.78, 5) is 0. The molecular formula is C7H12N2. The van der Waals surface area contributed by atoms with E-state index in [1.165, 1.54) is 6.08 Å². The second-order valence-corrected chi connectivity index (χ2v) is 1.95. The monoisotopic (exact) mass is 124 g/mol. The normalized spacial score (nSPS) is 10.9. The third-order valence-electron chi connectivity index (χ3n) is 1.07. The first-order valence-electron chi connectivity index (χ1n) is 3.15. The Morgan fingerprint density at radius 3 is 2.89 bits per heavy atom. The molecule has 50 valence electrons. The molecule has 0 saturated heterocycles. The van der Waals surface area contributed by atoms with Crippen LogP contribution in [-0.2, 0) is 0 Å². The van der Waals surface area contributed by atoms with Crippen molar-refractivity contribution < 1.29 is 0 Å². The van der Waals surface area contributed by atoms with Gasteiger partial charge in [-0.3, -0.25) is 0 Å². The van der Waals surface area contributed by atoms with Gasteiger partial charge in [0.15, 0.2) is 0 Å². The summed E-state index contributed by atoms with van der Waals surface area (Å²) in [6.45, 7) is 2.10. The number of allylic oxidation sites excluding steroid dienone is 2. The van der Waals surface area contributed by atoms with Gasteiger partial charge in [-0.2, -0.15) is 5.26 Å². The topological polar surface area (TPSA) is 49.8 Å². The van der Waals surface area contributed by atoms with Crippen LogP contribution in [0.4, 0.5) is 0 Å². The van der Waals surface area contributed by atoms with Gasteiger partial charge < -0.3 is 5.73 Å². The molecule has 2 nitrogen and oxygen atoms in total. The maximum absolute atomic E-state index is 8.13. The van der Waals surface area contributed by atoms with Gasteiger partial charge in [0.25, 0.3) is 0 Å². The third-order valence-corrected chi connectivity index (χ3v) is 1.07. The molecule has 0 rings (SSSR count).